The molecule has 1 N–H and O–H groups in total. The van der Waals surface area contributed by atoms with E-state index in [0.29, 0.717) is 5.75 Å². The lowest BCUT2D eigenvalue weighted by Gasteiger charge is -2.15. The van der Waals surface area contributed by atoms with E-state index in [1.54, 1.807) is 12.1 Å². The minimum atomic E-state index is -1.63. The molecule has 1 unspecified atom stereocenters. The van der Waals surface area contributed by atoms with Crippen LogP contribution in [-0.4, -0.2) is 12.5 Å². The van der Waals surface area contributed by atoms with E-state index >= 15 is 0 Å². The second kappa shape index (κ2) is 7.86. The Kier molecular flexibility index (Phi) is 5.84. The molecule has 0 aliphatic carbocycles. The summed E-state index contributed by atoms with van der Waals surface area (Å²) >= 11 is 0. The Hall–Kier alpha value is -2.50. The zero-order valence-corrected chi connectivity index (χ0v) is 13.4. The molecule has 0 aliphatic rings. The van der Waals surface area contributed by atoms with Crippen LogP contribution in [-0.2, 0) is 4.79 Å². The average molecular weight is 337 g/mol. The van der Waals surface area contributed by atoms with Crippen molar-refractivity contribution in [3.8, 4) is 5.75 Å². The number of hydrogen-bond donors (Lipinski definition) is 1. The lowest BCUT2D eigenvalue weighted by atomic mass is 9.98. The van der Waals surface area contributed by atoms with Crippen LogP contribution in [0.3, 0.4) is 0 Å². The first kappa shape index (κ1) is 17.8. The number of hydrogen-bond acceptors (Lipinski definition) is 2. The minimum absolute atomic E-state index is 0.257. The first-order chi connectivity index (χ1) is 11.4. The highest BCUT2D eigenvalue weighted by Gasteiger charge is 2.16. The molecule has 0 heterocycles. The van der Waals surface area contributed by atoms with Crippen LogP contribution in [0.5, 0.6) is 5.75 Å². The summed E-state index contributed by atoms with van der Waals surface area (Å²) in [5, 5.41) is 2.17. The molecule has 2 rings (SSSR count). The van der Waals surface area contributed by atoms with Gasteiger partial charge in [0.05, 0.1) is 5.69 Å². The molecule has 1 amide bonds. The molecule has 24 heavy (non-hydrogen) atoms. The van der Waals surface area contributed by atoms with Crippen molar-refractivity contribution in [1.29, 1.82) is 0 Å². The fourth-order valence-corrected chi connectivity index (χ4v) is 2.19. The normalized spacial score (nSPS) is 11.9. The van der Waals surface area contributed by atoms with E-state index in [0.717, 1.165) is 24.1 Å². The summed E-state index contributed by atoms with van der Waals surface area (Å²) in [5.41, 5.74) is 0.532. The predicted octanol–water partition coefficient (Wildman–Crippen LogP) is 4.63. The van der Waals surface area contributed by atoms with Crippen molar-refractivity contribution < 1.29 is 22.7 Å². The summed E-state index contributed by atoms with van der Waals surface area (Å²) in [6.07, 6.45) is 0.909. The van der Waals surface area contributed by atoms with Crippen molar-refractivity contribution in [2.45, 2.75) is 26.2 Å². The maximum atomic E-state index is 13.5. The Morgan fingerprint density at radius 2 is 1.83 bits per heavy atom. The number of carbonyl (C=O) groups is 1. The molecule has 0 aromatic heterocycles. The van der Waals surface area contributed by atoms with Crippen LogP contribution in [0.15, 0.2) is 36.4 Å². The Labute approximate surface area is 138 Å². The van der Waals surface area contributed by atoms with E-state index in [1.165, 1.54) is 0 Å². The van der Waals surface area contributed by atoms with Crippen molar-refractivity contribution in [1.82, 2.24) is 0 Å². The maximum absolute atomic E-state index is 13.5. The third kappa shape index (κ3) is 4.07. The fourth-order valence-electron chi connectivity index (χ4n) is 2.19. The Morgan fingerprint density at radius 3 is 2.54 bits per heavy atom. The van der Waals surface area contributed by atoms with Crippen molar-refractivity contribution in [3.05, 3.63) is 59.4 Å². The first-order valence-corrected chi connectivity index (χ1v) is 7.59. The van der Waals surface area contributed by atoms with Crippen LogP contribution in [0, 0.1) is 17.5 Å². The standard InChI is InChI=1S/C18H18F3NO2/c1-3-11(2)12-6-4-5-7-15(12)24-10-16(23)22-14-9-8-13(19)17(20)18(14)21/h4-9,11H,3,10H2,1-2H3,(H,22,23). The fraction of sp³-hybridized carbons (Fsp3) is 0.278. The van der Waals surface area contributed by atoms with Gasteiger partial charge in [-0.25, -0.2) is 13.2 Å². The van der Waals surface area contributed by atoms with E-state index in [1.807, 2.05) is 26.0 Å². The SMILES string of the molecule is CCC(C)c1ccccc1OCC(=O)Nc1ccc(F)c(F)c1F. The number of rotatable bonds is 6. The molecular formula is C18H18F3NO2. The maximum Gasteiger partial charge on any atom is 0.262 e. The first-order valence-electron chi connectivity index (χ1n) is 7.59. The average Bonchev–Trinajstić information content (AvgIpc) is 2.60. The van der Waals surface area contributed by atoms with E-state index in [2.05, 4.69) is 5.32 Å². The van der Waals surface area contributed by atoms with Crippen LogP contribution in [0.25, 0.3) is 0 Å². The highest BCUT2D eigenvalue weighted by Crippen LogP contribution is 2.28. The molecule has 128 valence electrons. The van der Waals surface area contributed by atoms with Crippen molar-refractivity contribution >= 4 is 11.6 Å². The van der Waals surface area contributed by atoms with Crippen LogP contribution in [0.4, 0.5) is 18.9 Å². The van der Waals surface area contributed by atoms with E-state index in [9.17, 15) is 18.0 Å². The van der Waals surface area contributed by atoms with Gasteiger partial charge in [-0.15, -0.1) is 0 Å². The van der Waals surface area contributed by atoms with Gasteiger partial charge in [-0.3, -0.25) is 4.79 Å². The van der Waals surface area contributed by atoms with Crippen LogP contribution in [0.1, 0.15) is 31.7 Å². The van der Waals surface area contributed by atoms with Gasteiger partial charge in [0.2, 0.25) is 0 Å². The lowest BCUT2D eigenvalue weighted by Crippen LogP contribution is -2.21. The van der Waals surface area contributed by atoms with Crippen LogP contribution in [0.2, 0.25) is 0 Å². The van der Waals surface area contributed by atoms with Gasteiger partial charge in [0.1, 0.15) is 5.75 Å². The highest BCUT2D eigenvalue weighted by atomic mass is 19.2. The summed E-state index contributed by atoms with van der Waals surface area (Å²) in [5.74, 6) is -4.23. The van der Waals surface area contributed by atoms with E-state index in [4.69, 9.17) is 4.74 Å². The largest absolute Gasteiger partial charge is 0.483 e. The second-order valence-electron chi connectivity index (χ2n) is 5.41. The molecule has 0 radical (unpaired) electrons. The molecule has 3 nitrogen and oxygen atoms in total. The molecule has 1 atom stereocenters. The summed E-state index contributed by atoms with van der Waals surface area (Å²) in [6, 6.07) is 9.02. The number of nitrogens with one attached hydrogen (secondary N) is 1. The molecule has 0 bridgehead atoms. The summed E-state index contributed by atoms with van der Waals surface area (Å²) in [6.45, 7) is 3.71. The number of benzene rings is 2. The number of carbonyl (C=O) groups excluding carboxylic acids is 1. The van der Waals surface area contributed by atoms with Gasteiger partial charge in [-0.2, -0.15) is 0 Å². The van der Waals surface area contributed by atoms with Gasteiger partial charge >= 0.3 is 0 Å². The molecule has 2 aromatic carbocycles. The Bertz CT molecular complexity index is 734. The predicted molar refractivity (Wildman–Crippen MR) is 85.6 cm³/mol. The molecule has 6 heteroatoms. The molecule has 0 saturated heterocycles. The topological polar surface area (TPSA) is 38.3 Å². The lowest BCUT2D eigenvalue weighted by molar-refractivity contribution is -0.118. The van der Waals surface area contributed by atoms with Gasteiger partial charge < -0.3 is 10.1 Å². The number of anilines is 1. The van der Waals surface area contributed by atoms with Gasteiger partial charge in [-0.1, -0.05) is 32.0 Å². The highest BCUT2D eigenvalue weighted by molar-refractivity contribution is 5.92. The van der Waals surface area contributed by atoms with Gasteiger partial charge in [0, 0.05) is 0 Å². The smallest absolute Gasteiger partial charge is 0.262 e. The van der Waals surface area contributed by atoms with Gasteiger partial charge in [0.15, 0.2) is 24.1 Å². The third-order valence-corrected chi connectivity index (χ3v) is 3.73. The number of para-hydroxylation sites is 1. The van der Waals surface area contributed by atoms with E-state index in [-0.39, 0.29) is 12.5 Å². The van der Waals surface area contributed by atoms with Crippen LogP contribution < -0.4 is 10.1 Å². The molecule has 2 aromatic rings. The van der Waals surface area contributed by atoms with Crippen molar-refractivity contribution in [2.75, 3.05) is 11.9 Å². The number of halogens is 3. The Balaban J connectivity index is 2.03. The zero-order valence-electron chi connectivity index (χ0n) is 13.4. The zero-order chi connectivity index (χ0) is 17.7. The van der Waals surface area contributed by atoms with Crippen LogP contribution >= 0.6 is 0 Å². The number of amides is 1. The summed E-state index contributed by atoms with van der Waals surface area (Å²) in [4.78, 5) is 11.9. The monoisotopic (exact) mass is 337 g/mol. The second-order valence-corrected chi connectivity index (χ2v) is 5.41. The molecule has 0 aliphatic heterocycles. The van der Waals surface area contributed by atoms with E-state index < -0.39 is 29.0 Å². The van der Waals surface area contributed by atoms with Gasteiger partial charge in [0.25, 0.3) is 5.91 Å². The molecular weight excluding hydrogens is 319 g/mol. The molecule has 0 saturated carbocycles. The quantitative estimate of drug-likeness (QED) is 0.780. The van der Waals surface area contributed by atoms with Crippen molar-refractivity contribution in [2.24, 2.45) is 0 Å². The summed E-state index contributed by atoms with van der Waals surface area (Å²) < 4.78 is 45.0. The summed E-state index contributed by atoms with van der Waals surface area (Å²) in [7, 11) is 0. The molecule has 0 spiro atoms. The third-order valence-electron chi connectivity index (χ3n) is 3.73. The Morgan fingerprint density at radius 1 is 1.12 bits per heavy atom. The molecule has 0 fully saturated rings. The van der Waals surface area contributed by atoms with Gasteiger partial charge in [-0.05, 0) is 36.1 Å². The number of ether oxygens (including phenoxy) is 1. The minimum Gasteiger partial charge on any atom is -0.483 e. The van der Waals surface area contributed by atoms with Crippen molar-refractivity contribution in [3.63, 3.8) is 0 Å².